The predicted octanol–water partition coefficient (Wildman–Crippen LogP) is 3.49. The molecule has 0 saturated carbocycles. The second-order valence-corrected chi connectivity index (χ2v) is 6.44. The number of aliphatic hydroxyl groups excluding tert-OH is 1. The van der Waals surface area contributed by atoms with Crippen LogP contribution in [0.2, 0.25) is 0 Å². The average Bonchev–Trinajstić information content (AvgIpc) is 2.96. The Morgan fingerprint density at radius 1 is 1.07 bits per heavy atom. The summed E-state index contributed by atoms with van der Waals surface area (Å²) in [6.45, 7) is 2.28. The van der Waals surface area contributed by atoms with E-state index >= 15 is 0 Å². The van der Waals surface area contributed by atoms with E-state index in [1.165, 1.54) is 19.2 Å². The van der Waals surface area contributed by atoms with E-state index in [-0.39, 0.29) is 16.8 Å². The molecule has 29 heavy (non-hydrogen) atoms. The van der Waals surface area contributed by atoms with Gasteiger partial charge in [0.05, 0.1) is 30.5 Å². The van der Waals surface area contributed by atoms with Crippen molar-refractivity contribution >= 4 is 29.0 Å². The first-order chi connectivity index (χ1) is 14.0. The standard InChI is InChI=1S/C22H21NO6/c1-3-4-12-29-22(27)15-6-5-7-16(13-15)23-20(25)18(19(24)21(23)26)14-8-10-17(28-2)11-9-14/h5-11,13,24H,3-4,12H2,1-2H3. The van der Waals surface area contributed by atoms with Crippen molar-refractivity contribution in [3.63, 3.8) is 0 Å². The van der Waals surface area contributed by atoms with Crippen molar-refractivity contribution in [2.75, 3.05) is 18.6 Å². The zero-order valence-electron chi connectivity index (χ0n) is 16.2. The van der Waals surface area contributed by atoms with Gasteiger partial charge in [-0.2, -0.15) is 0 Å². The Hall–Kier alpha value is -3.61. The van der Waals surface area contributed by atoms with Crippen LogP contribution < -0.4 is 9.64 Å². The molecule has 2 aromatic rings. The number of aliphatic hydroxyl groups is 1. The van der Waals surface area contributed by atoms with Gasteiger partial charge in [0.2, 0.25) is 0 Å². The molecule has 0 atom stereocenters. The number of rotatable bonds is 7. The summed E-state index contributed by atoms with van der Waals surface area (Å²) in [6.07, 6.45) is 1.64. The van der Waals surface area contributed by atoms with Gasteiger partial charge in [-0.15, -0.1) is 0 Å². The van der Waals surface area contributed by atoms with Crippen LogP contribution in [0.25, 0.3) is 5.57 Å². The molecular formula is C22H21NO6. The van der Waals surface area contributed by atoms with Crippen LogP contribution in [0, 0.1) is 0 Å². The molecule has 7 heteroatoms. The monoisotopic (exact) mass is 395 g/mol. The molecule has 1 N–H and O–H groups in total. The second kappa shape index (κ2) is 8.60. The lowest BCUT2D eigenvalue weighted by Gasteiger charge is -2.15. The summed E-state index contributed by atoms with van der Waals surface area (Å²) in [4.78, 5) is 38.5. The van der Waals surface area contributed by atoms with Crippen LogP contribution in [0.4, 0.5) is 5.69 Å². The molecule has 150 valence electrons. The fourth-order valence-electron chi connectivity index (χ4n) is 2.94. The molecule has 0 aliphatic carbocycles. The fourth-order valence-corrected chi connectivity index (χ4v) is 2.94. The van der Waals surface area contributed by atoms with Crippen LogP contribution in [0.15, 0.2) is 54.3 Å². The number of carbonyl (C=O) groups excluding carboxylic acids is 3. The lowest BCUT2D eigenvalue weighted by Crippen LogP contribution is -2.31. The van der Waals surface area contributed by atoms with Crippen LogP contribution in [-0.2, 0) is 14.3 Å². The number of ether oxygens (including phenoxy) is 2. The summed E-state index contributed by atoms with van der Waals surface area (Å²) >= 11 is 0. The molecule has 3 rings (SSSR count). The van der Waals surface area contributed by atoms with Crippen LogP contribution in [0.3, 0.4) is 0 Å². The minimum Gasteiger partial charge on any atom is -0.502 e. The van der Waals surface area contributed by atoms with Gasteiger partial charge in [-0.3, -0.25) is 9.59 Å². The van der Waals surface area contributed by atoms with Gasteiger partial charge in [0, 0.05) is 0 Å². The highest BCUT2D eigenvalue weighted by atomic mass is 16.5. The summed E-state index contributed by atoms with van der Waals surface area (Å²) in [6, 6.07) is 12.4. The zero-order chi connectivity index (χ0) is 21.0. The summed E-state index contributed by atoms with van der Waals surface area (Å²) in [5.41, 5.74) is 0.685. The van der Waals surface area contributed by atoms with Gasteiger partial charge in [-0.25, -0.2) is 9.69 Å². The molecular weight excluding hydrogens is 374 g/mol. The third kappa shape index (κ3) is 3.99. The summed E-state index contributed by atoms with van der Waals surface area (Å²) in [7, 11) is 1.51. The number of imide groups is 1. The van der Waals surface area contributed by atoms with Gasteiger partial charge < -0.3 is 14.6 Å². The maximum Gasteiger partial charge on any atom is 0.338 e. The van der Waals surface area contributed by atoms with Gasteiger partial charge in [-0.1, -0.05) is 31.5 Å². The van der Waals surface area contributed by atoms with Crippen molar-refractivity contribution < 1.29 is 29.0 Å². The number of unbranched alkanes of at least 4 members (excludes halogenated alkanes) is 1. The molecule has 1 aliphatic rings. The number of methoxy groups -OCH3 is 1. The van der Waals surface area contributed by atoms with Crippen molar-refractivity contribution in [3.8, 4) is 5.75 Å². The number of esters is 1. The van der Waals surface area contributed by atoms with Crippen molar-refractivity contribution in [1.29, 1.82) is 0 Å². The van der Waals surface area contributed by atoms with Gasteiger partial charge in [0.15, 0.2) is 5.76 Å². The molecule has 7 nitrogen and oxygen atoms in total. The third-order valence-electron chi connectivity index (χ3n) is 4.51. The van der Waals surface area contributed by atoms with Gasteiger partial charge in [-0.05, 0) is 42.3 Å². The van der Waals surface area contributed by atoms with Crippen LogP contribution >= 0.6 is 0 Å². The van der Waals surface area contributed by atoms with E-state index in [2.05, 4.69) is 0 Å². The van der Waals surface area contributed by atoms with Crippen molar-refractivity contribution in [1.82, 2.24) is 0 Å². The molecule has 0 spiro atoms. The molecule has 1 aliphatic heterocycles. The summed E-state index contributed by atoms with van der Waals surface area (Å²) in [5.74, 6) is -2.12. The lowest BCUT2D eigenvalue weighted by atomic mass is 10.1. The van der Waals surface area contributed by atoms with Crippen LogP contribution in [0.5, 0.6) is 5.75 Å². The second-order valence-electron chi connectivity index (χ2n) is 6.44. The molecule has 0 radical (unpaired) electrons. The van der Waals surface area contributed by atoms with E-state index in [9.17, 15) is 19.5 Å². The van der Waals surface area contributed by atoms with E-state index in [0.717, 1.165) is 17.7 Å². The van der Waals surface area contributed by atoms with E-state index in [4.69, 9.17) is 9.47 Å². The highest BCUT2D eigenvalue weighted by Gasteiger charge is 2.40. The third-order valence-corrected chi connectivity index (χ3v) is 4.51. The highest BCUT2D eigenvalue weighted by molar-refractivity contribution is 6.44. The van der Waals surface area contributed by atoms with E-state index < -0.39 is 23.5 Å². The van der Waals surface area contributed by atoms with Crippen molar-refractivity contribution in [3.05, 3.63) is 65.4 Å². The molecule has 0 fully saturated rings. The Morgan fingerprint density at radius 3 is 2.45 bits per heavy atom. The molecule has 0 aromatic heterocycles. The minimum atomic E-state index is -0.850. The number of benzene rings is 2. The molecule has 1 heterocycles. The molecule has 2 aromatic carbocycles. The number of hydrogen-bond acceptors (Lipinski definition) is 6. The SMILES string of the molecule is CCCCOC(=O)c1cccc(N2C(=O)C(O)=C(c3ccc(OC)cc3)C2=O)c1. The summed E-state index contributed by atoms with van der Waals surface area (Å²) < 4.78 is 10.3. The number of anilines is 1. The van der Waals surface area contributed by atoms with Crippen molar-refractivity contribution in [2.24, 2.45) is 0 Å². The smallest absolute Gasteiger partial charge is 0.338 e. The predicted molar refractivity (Wildman–Crippen MR) is 107 cm³/mol. The first-order valence-electron chi connectivity index (χ1n) is 9.21. The average molecular weight is 395 g/mol. The first kappa shape index (κ1) is 20.1. The minimum absolute atomic E-state index is 0.103. The topological polar surface area (TPSA) is 93.1 Å². The number of amides is 2. The lowest BCUT2D eigenvalue weighted by molar-refractivity contribution is -0.121. The van der Waals surface area contributed by atoms with Crippen LogP contribution in [-0.4, -0.2) is 36.6 Å². The Kier molecular flexibility index (Phi) is 5.97. The largest absolute Gasteiger partial charge is 0.502 e. The van der Waals surface area contributed by atoms with Crippen molar-refractivity contribution in [2.45, 2.75) is 19.8 Å². The molecule has 2 amide bonds. The maximum atomic E-state index is 12.9. The highest BCUT2D eigenvalue weighted by Crippen LogP contribution is 2.33. The maximum absolute atomic E-state index is 12.9. The number of hydrogen-bond donors (Lipinski definition) is 1. The quantitative estimate of drug-likeness (QED) is 0.438. The van der Waals surface area contributed by atoms with E-state index in [1.54, 1.807) is 36.4 Å². The molecule has 0 unspecified atom stereocenters. The Morgan fingerprint density at radius 2 is 1.79 bits per heavy atom. The van der Waals surface area contributed by atoms with E-state index in [1.807, 2.05) is 6.92 Å². The first-order valence-corrected chi connectivity index (χ1v) is 9.21. The van der Waals surface area contributed by atoms with Gasteiger partial charge in [0.1, 0.15) is 5.75 Å². The van der Waals surface area contributed by atoms with Crippen LogP contribution in [0.1, 0.15) is 35.7 Å². The number of nitrogens with zero attached hydrogens (tertiary/aromatic N) is 1. The Labute approximate surface area is 168 Å². The fraction of sp³-hybridized carbons (Fsp3) is 0.227. The van der Waals surface area contributed by atoms with Gasteiger partial charge in [0.25, 0.3) is 5.91 Å². The molecule has 0 saturated heterocycles. The molecule has 0 bridgehead atoms. The summed E-state index contributed by atoms with van der Waals surface area (Å²) in [5, 5.41) is 10.3. The van der Waals surface area contributed by atoms with Gasteiger partial charge >= 0.3 is 11.9 Å². The zero-order valence-corrected chi connectivity index (χ0v) is 16.2. The number of carbonyl (C=O) groups is 3. The Balaban J connectivity index is 1.87. The van der Waals surface area contributed by atoms with E-state index in [0.29, 0.717) is 17.9 Å². The Bertz CT molecular complexity index is 977. The normalized spacial score (nSPS) is 13.8.